The van der Waals surface area contributed by atoms with E-state index >= 15 is 0 Å². The predicted octanol–water partition coefficient (Wildman–Crippen LogP) is 3.02. The standard InChI is InChI=1S/C18H16N2O2.HO2S/c1-11-13-7-3-2-6-12(13)10-15(20)17(11)18(21)22-16-9-5-4-8-14(16)19;1-3-2/h2-10H,19-20H2,1H3;3H/q;-1. The Labute approximate surface area is 148 Å². The molecule has 4 N–H and O–H groups in total. The molecule has 130 valence electrons. The first-order valence-electron chi connectivity index (χ1n) is 7.29. The van der Waals surface area contributed by atoms with Gasteiger partial charge in [0.05, 0.1) is 11.3 Å². The van der Waals surface area contributed by atoms with E-state index in [1.54, 1.807) is 30.3 Å². The third-order valence-electron chi connectivity index (χ3n) is 3.67. The molecule has 0 heterocycles. The van der Waals surface area contributed by atoms with E-state index in [2.05, 4.69) is 0 Å². The molecule has 25 heavy (non-hydrogen) atoms. The van der Waals surface area contributed by atoms with Gasteiger partial charge in [0.1, 0.15) is 0 Å². The second-order valence-corrected chi connectivity index (χ2v) is 5.34. The van der Waals surface area contributed by atoms with E-state index in [9.17, 15) is 4.79 Å². The Hall–Kier alpha value is -3.06. The van der Waals surface area contributed by atoms with E-state index in [1.807, 2.05) is 31.2 Å². The predicted molar refractivity (Wildman–Crippen MR) is 99.0 cm³/mol. The fraction of sp³-hybridized carbons (Fsp3) is 0.0556. The molecular weight excluding hydrogens is 340 g/mol. The molecule has 0 bridgehead atoms. The van der Waals surface area contributed by atoms with E-state index in [0.717, 1.165) is 16.3 Å². The summed E-state index contributed by atoms with van der Waals surface area (Å²) in [7, 11) is 0. The molecule has 0 atom stereocenters. The maximum Gasteiger partial charge on any atom is 0.346 e. The number of benzene rings is 3. The van der Waals surface area contributed by atoms with Crippen LogP contribution in [0, 0.1) is 6.92 Å². The minimum atomic E-state index is -1.08. The first-order valence-corrected chi connectivity index (χ1v) is 8.02. The molecule has 0 saturated heterocycles. The number of rotatable bonds is 2. The Morgan fingerprint density at radius 3 is 2.24 bits per heavy atom. The number of thiol groups is 1. The minimum absolute atomic E-state index is 0.333. The Balaban J connectivity index is 0.000000701. The van der Waals surface area contributed by atoms with Crippen molar-refractivity contribution >= 4 is 39.7 Å². The van der Waals surface area contributed by atoms with E-state index in [-0.39, 0.29) is 0 Å². The first kappa shape index (κ1) is 18.3. The van der Waals surface area contributed by atoms with Crippen LogP contribution < -0.4 is 16.2 Å². The molecule has 6 nitrogen and oxygen atoms in total. The maximum absolute atomic E-state index is 12.5. The summed E-state index contributed by atoms with van der Waals surface area (Å²) in [6, 6.07) is 16.4. The van der Waals surface area contributed by atoms with Gasteiger partial charge in [-0.05, 0) is 41.5 Å². The second kappa shape index (κ2) is 8.16. The number of esters is 1. The van der Waals surface area contributed by atoms with Gasteiger partial charge in [0.25, 0.3) is 0 Å². The van der Waals surface area contributed by atoms with Crippen LogP contribution in [0.2, 0.25) is 0 Å². The van der Waals surface area contributed by atoms with Crippen molar-refractivity contribution in [1.82, 2.24) is 0 Å². The zero-order valence-electron chi connectivity index (χ0n) is 13.4. The van der Waals surface area contributed by atoms with Crippen molar-refractivity contribution < 1.29 is 17.9 Å². The highest BCUT2D eigenvalue weighted by Gasteiger charge is 2.18. The number of aryl methyl sites for hydroxylation is 1. The Morgan fingerprint density at radius 2 is 1.56 bits per heavy atom. The fourth-order valence-corrected chi connectivity index (χ4v) is 2.55. The smallest absolute Gasteiger partial charge is 0.346 e. The van der Waals surface area contributed by atoms with Crippen LogP contribution in [-0.4, -0.2) is 5.97 Å². The van der Waals surface area contributed by atoms with Gasteiger partial charge in [-0.15, -0.1) is 0 Å². The molecule has 0 aliphatic carbocycles. The number of hydrogen-bond acceptors (Lipinski definition) is 7. The summed E-state index contributed by atoms with van der Waals surface area (Å²) >= 11 is -1.08. The van der Waals surface area contributed by atoms with Crippen LogP contribution in [0.5, 0.6) is 5.75 Å². The van der Waals surface area contributed by atoms with Crippen LogP contribution in [0.3, 0.4) is 0 Å². The molecule has 3 rings (SSSR count). The lowest BCUT2D eigenvalue weighted by Crippen LogP contribution is -2.14. The van der Waals surface area contributed by atoms with E-state index < -0.39 is 17.5 Å². The van der Waals surface area contributed by atoms with Gasteiger partial charge in [-0.3, -0.25) is 0 Å². The van der Waals surface area contributed by atoms with Gasteiger partial charge in [-0.1, -0.05) is 48.0 Å². The van der Waals surface area contributed by atoms with Crippen LogP contribution in [0.25, 0.3) is 10.8 Å². The molecule has 0 aromatic heterocycles. The molecule has 0 unspecified atom stereocenters. The summed E-state index contributed by atoms with van der Waals surface area (Å²) in [5.74, 6) is -0.168. The summed E-state index contributed by atoms with van der Waals surface area (Å²) in [6.45, 7) is 1.86. The maximum atomic E-state index is 12.5. The average molecular weight is 357 g/mol. The second-order valence-electron chi connectivity index (χ2n) is 5.19. The SMILES string of the molecule is Cc1c(C(=O)Oc2ccccc2N)c(N)cc2ccccc12.O=[SH-]=O. The minimum Gasteiger partial charge on any atom is -0.427 e. The van der Waals surface area contributed by atoms with Crippen molar-refractivity contribution in [3.63, 3.8) is 0 Å². The zero-order chi connectivity index (χ0) is 18.4. The van der Waals surface area contributed by atoms with Gasteiger partial charge in [0.15, 0.2) is 5.75 Å². The molecule has 3 aromatic rings. The van der Waals surface area contributed by atoms with Crippen molar-refractivity contribution in [1.29, 1.82) is 0 Å². The molecule has 3 aromatic carbocycles. The monoisotopic (exact) mass is 357 g/mol. The molecule has 0 saturated carbocycles. The molecule has 7 heteroatoms. The third-order valence-corrected chi connectivity index (χ3v) is 3.67. The number of anilines is 2. The lowest BCUT2D eigenvalue weighted by atomic mass is 9.98. The van der Waals surface area contributed by atoms with Gasteiger partial charge in [-0.25, -0.2) is 4.79 Å². The fourth-order valence-electron chi connectivity index (χ4n) is 2.55. The van der Waals surface area contributed by atoms with Crippen LogP contribution in [0.15, 0.2) is 54.6 Å². The number of fused-ring (bicyclic) bond motifs is 1. The number of nitrogen functional groups attached to an aromatic ring is 2. The van der Waals surface area contributed by atoms with Gasteiger partial charge >= 0.3 is 5.97 Å². The lowest BCUT2D eigenvalue weighted by molar-refractivity contribution is 0.0736. The number of ether oxygens (including phenoxy) is 1. The molecule has 0 aliphatic rings. The van der Waals surface area contributed by atoms with Crippen LogP contribution >= 0.6 is 0 Å². The summed E-state index contributed by atoms with van der Waals surface area (Å²) in [4.78, 5) is 12.5. The summed E-state index contributed by atoms with van der Waals surface area (Å²) < 4.78 is 22.1. The number of carbonyl (C=O) groups excluding carboxylic acids is 1. The van der Waals surface area contributed by atoms with Crippen molar-refractivity contribution in [2.45, 2.75) is 6.92 Å². The van der Waals surface area contributed by atoms with Crippen molar-refractivity contribution in [3.05, 3.63) is 65.7 Å². The van der Waals surface area contributed by atoms with E-state index in [0.29, 0.717) is 22.7 Å². The Kier molecular flexibility index (Phi) is 5.97. The van der Waals surface area contributed by atoms with Crippen molar-refractivity contribution in [2.75, 3.05) is 11.5 Å². The summed E-state index contributed by atoms with van der Waals surface area (Å²) in [5.41, 5.74) is 13.8. The quantitative estimate of drug-likeness (QED) is 0.240. The topological polar surface area (TPSA) is 112 Å². The van der Waals surface area contributed by atoms with Crippen LogP contribution in [-0.2, 0) is 20.0 Å². The molecular formula is C18H17N2O4S-. The summed E-state index contributed by atoms with van der Waals surface area (Å²) in [6.07, 6.45) is 0. The van der Waals surface area contributed by atoms with Gasteiger partial charge < -0.3 is 24.6 Å². The zero-order valence-corrected chi connectivity index (χ0v) is 14.3. The highest BCUT2D eigenvalue weighted by atomic mass is 32.1. The highest BCUT2D eigenvalue weighted by Crippen LogP contribution is 2.29. The Bertz CT molecular complexity index is 966. The average Bonchev–Trinajstić information content (AvgIpc) is 2.58. The lowest BCUT2D eigenvalue weighted by Gasteiger charge is -2.13. The normalized spacial score (nSPS) is 9.96. The highest BCUT2D eigenvalue weighted by molar-refractivity contribution is 7.51. The number of carbonyl (C=O) groups is 1. The summed E-state index contributed by atoms with van der Waals surface area (Å²) in [5, 5.41) is 1.97. The third kappa shape index (κ3) is 4.07. The van der Waals surface area contributed by atoms with Gasteiger partial charge in [0, 0.05) is 5.69 Å². The molecule has 0 radical (unpaired) electrons. The van der Waals surface area contributed by atoms with Crippen molar-refractivity contribution in [3.8, 4) is 5.75 Å². The first-order chi connectivity index (χ1) is 12.0. The van der Waals surface area contributed by atoms with Gasteiger partial charge in [0.2, 0.25) is 0 Å². The number of para-hydroxylation sites is 2. The number of hydrogen-bond donors (Lipinski definition) is 2. The van der Waals surface area contributed by atoms with Crippen molar-refractivity contribution in [2.24, 2.45) is 0 Å². The molecule has 0 amide bonds. The van der Waals surface area contributed by atoms with Gasteiger partial charge in [-0.2, -0.15) is 0 Å². The van der Waals surface area contributed by atoms with Crippen LogP contribution in [0.1, 0.15) is 15.9 Å². The largest absolute Gasteiger partial charge is 0.427 e. The van der Waals surface area contributed by atoms with E-state index in [4.69, 9.17) is 24.6 Å². The van der Waals surface area contributed by atoms with E-state index in [1.165, 1.54) is 0 Å². The molecule has 0 spiro atoms. The molecule has 0 fully saturated rings. The van der Waals surface area contributed by atoms with Crippen LogP contribution in [0.4, 0.5) is 11.4 Å². The Morgan fingerprint density at radius 1 is 0.960 bits per heavy atom. The molecule has 0 aliphatic heterocycles. The number of nitrogens with two attached hydrogens (primary N) is 2.